The molecule has 8 heteroatoms. The van der Waals surface area contributed by atoms with Crippen LogP contribution in [0, 0.1) is 0 Å². The Kier molecular flexibility index (Phi) is 5.48. The molecule has 3 aromatic rings. The maximum atomic E-state index is 12.4. The zero-order valence-corrected chi connectivity index (χ0v) is 15.7. The van der Waals surface area contributed by atoms with Crippen LogP contribution in [-0.4, -0.2) is 39.3 Å². The number of benzene rings is 1. The number of amides is 1. The summed E-state index contributed by atoms with van der Waals surface area (Å²) in [5.74, 6) is 1.42. The zero-order valence-electron chi connectivity index (χ0n) is 15.7. The van der Waals surface area contributed by atoms with Crippen molar-refractivity contribution in [2.24, 2.45) is 0 Å². The SMILES string of the molecule is COCc1ccc(C(=O)NC2CCC(n3nnc(-c4ccccc4)n3)CC2)o1. The lowest BCUT2D eigenvalue weighted by atomic mass is 9.91. The first-order valence-corrected chi connectivity index (χ1v) is 9.46. The third kappa shape index (κ3) is 4.12. The fourth-order valence-electron chi connectivity index (χ4n) is 3.51. The van der Waals surface area contributed by atoms with Gasteiger partial charge >= 0.3 is 0 Å². The molecule has 8 nitrogen and oxygen atoms in total. The first-order valence-electron chi connectivity index (χ1n) is 9.46. The van der Waals surface area contributed by atoms with E-state index >= 15 is 0 Å². The summed E-state index contributed by atoms with van der Waals surface area (Å²) in [5.41, 5.74) is 0.959. The van der Waals surface area contributed by atoms with Gasteiger partial charge in [-0.1, -0.05) is 30.3 Å². The molecular formula is C20H23N5O3. The van der Waals surface area contributed by atoms with Gasteiger partial charge in [-0.25, -0.2) is 0 Å². The Bertz CT molecular complexity index is 913. The van der Waals surface area contributed by atoms with Gasteiger partial charge in [0.2, 0.25) is 5.82 Å². The van der Waals surface area contributed by atoms with Gasteiger partial charge in [0.1, 0.15) is 12.4 Å². The van der Waals surface area contributed by atoms with Crippen molar-refractivity contribution >= 4 is 5.91 Å². The molecule has 0 aliphatic heterocycles. The summed E-state index contributed by atoms with van der Waals surface area (Å²) in [7, 11) is 1.59. The van der Waals surface area contributed by atoms with Gasteiger partial charge in [-0.2, -0.15) is 4.80 Å². The number of carbonyl (C=O) groups is 1. The quantitative estimate of drug-likeness (QED) is 0.705. The minimum atomic E-state index is -0.184. The molecule has 2 aromatic heterocycles. The van der Waals surface area contributed by atoms with Crippen LogP contribution in [0.2, 0.25) is 0 Å². The van der Waals surface area contributed by atoms with E-state index in [9.17, 15) is 4.79 Å². The number of nitrogens with zero attached hydrogens (tertiary/aromatic N) is 4. The molecule has 0 unspecified atom stereocenters. The van der Waals surface area contributed by atoms with Crippen LogP contribution in [0.1, 0.15) is 48.0 Å². The van der Waals surface area contributed by atoms with E-state index in [4.69, 9.17) is 9.15 Å². The lowest BCUT2D eigenvalue weighted by molar-refractivity contribution is 0.0884. The fourth-order valence-corrected chi connectivity index (χ4v) is 3.51. The lowest BCUT2D eigenvalue weighted by Crippen LogP contribution is -2.38. The average molecular weight is 381 g/mol. The van der Waals surface area contributed by atoms with E-state index in [1.807, 2.05) is 30.3 Å². The van der Waals surface area contributed by atoms with Gasteiger partial charge in [-0.15, -0.1) is 10.2 Å². The Labute approximate surface area is 162 Å². The van der Waals surface area contributed by atoms with Gasteiger partial charge in [0.05, 0.1) is 6.04 Å². The van der Waals surface area contributed by atoms with Crippen LogP contribution in [0.5, 0.6) is 0 Å². The number of furan rings is 1. The summed E-state index contributed by atoms with van der Waals surface area (Å²) < 4.78 is 10.5. The largest absolute Gasteiger partial charge is 0.453 e. The lowest BCUT2D eigenvalue weighted by Gasteiger charge is -2.27. The molecule has 1 aromatic carbocycles. The summed E-state index contributed by atoms with van der Waals surface area (Å²) in [6.45, 7) is 0.355. The van der Waals surface area contributed by atoms with E-state index in [2.05, 4.69) is 20.7 Å². The topological polar surface area (TPSA) is 95.1 Å². The van der Waals surface area contributed by atoms with Crippen molar-refractivity contribution in [3.63, 3.8) is 0 Å². The minimum Gasteiger partial charge on any atom is -0.453 e. The van der Waals surface area contributed by atoms with Crippen molar-refractivity contribution in [1.82, 2.24) is 25.5 Å². The summed E-state index contributed by atoms with van der Waals surface area (Å²) in [6.07, 6.45) is 3.51. The molecule has 1 N–H and O–H groups in total. The van der Waals surface area contributed by atoms with Crippen LogP contribution in [0.15, 0.2) is 46.9 Å². The van der Waals surface area contributed by atoms with Crippen molar-refractivity contribution in [2.75, 3.05) is 7.11 Å². The van der Waals surface area contributed by atoms with Crippen molar-refractivity contribution in [3.8, 4) is 11.4 Å². The Hall–Kier alpha value is -3.00. The maximum Gasteiger partial charge on any atom is 0.287 e. The second kappa shape index (κ2) is 8.35. The molecule has 1 fully saturated rings. The van der Waals surface area contributed by atoms with E-state index in [0.29, 0.717) is 24.0 Å². The second-order valence-corrected chi connectivity index (χ2v) is 6.98. The molecule has 4 rings (SSSR count). The molecule has 1 saturated carbocycles. The van der Waals surface area contributed by atoms with Crippen LogP contribution in [-0.2, 0) is 11.3 Å². The van der Waals surface area contributed by atoms with E-state index in [1.165, 1.54) is 0 Å². The Morgan fingerprint density at radius 3 is 2.71 bits per heavy atom. The highest BCUT2D eigenvalue weighted by molar-refractivity contribution is 5.91. The molecule has 146 valence electrons. The third-order valence-electron chi connectivity index (χ3n) is 4.99. The van der Waals surface area contributed by atoms with Crippen molar-refractivity contribution in [3.05, 3.63) is 54.0 Å². The van der Waals surface area contributed by atoms with Gasteiger partial charge in [0.25, 0.3) is 5.91 Å². The molecule has 1 aliphatic rings. The van der Waals surface area contributed by atoms with Gasteiger partial charge in [0.15, 0.2) is 5.76 Å². The first kappa shape index (κ1) is 18.4. The minimum absolute atomic E-state index is 0.122. The third-order valence-corrected chi connectivity index (χ3v) is 4.99. The number of nitrogens with one attached hydrogen (secondary N) is 1. The summed E-state index contributed by atoms with van der Waals surface area (Å²) in [5, 5.41) is 16.0. The van der Waals surface area contributed by atoms with Crippen molar-refractivity contribution < 1.29 is 13.9 Å². The van der Waals surface area contributed by atoms with E-state index in [1.54, 1.807) is 24.0 Å². The standard InChI is InChI=1S/C20H23N5O3/c1-27-13-17-11-12-18(28-17)20(26)21-15-7-9-16(10-8-15)25-23-19(22-24-25)14-5-3-2-4-6-14/h2-6,11-12,15-16H,7-10,13H2,1H3,(H,21,26). The number of hydrogen-bond donors (Lipinski definition) is 1. The monoisotopic (exact) mass is 381 g/mol. The van der Waals surface area contributed by atoms with Crippen molar-refractivity contribution in [2.45, 2.75) is 44.4 Å². The Morgan fingerprint density at radius 2 is 1.96 bits per heavy atom. The normalized spacial score (nSPS) is 19.5. The maximum absolute atomic E-state index is 12.4. The number of rotatable bonds is 6. The molecular weight excluding hydrogens is 358 g/mol. The smallest absolute Gasteiger partial charge is 0.287 e. The predicted octanol–water partition coefficient (Wildman–Crippen LogP) is 2.99. The van der Waals surface area contributed by atoms with Crippen LogP contribution >= 0.6 is 0 Å². The fraction of sp³-hybridized carbons (Fsp3) is 0.400. The summed E-state index contributed by atoms with van der Waals surface area (Å²) in [6, 6.07) is 13.6. The van der Waals surface area contributed by atoms with E-state index in [0.717, 1.165) is 31.2 Å². The van der Waals surface area contributed by atoms with Gasteiger partial charge in [0, 0.05) is 18.7 Å². The average Bonchev–Trinajstić information content (AvgIpc) is 3.40. The molecule has 1 aliphatic carbocycles. The van der Waals surface area contributed by atoms with E-state index in [-0.39, 0.29) is 18.0 Å². The number of tetrazole rings is 1. The van der Waals surface area contributed by atoms with Crippen LogP contribution < -0.4 is 5.32 Å². The number of ether oxygens (including phenoxy) is 1. The highest BCUT2D eigenvalue weighted by atomic mass is 16.5. The van der Waals surface area contributed by atoms with Gasteiger partial charge < -0.3 is 14.5 Å². The molecule has 28 heavy (non-hydrogen) atoms. The van der Waals surface area contributed by atoms with Crippen LogP contribution in [0.4, 0.5) is 0 Å². The number of carbonyl (C=O) groups excluding carboxylic acids is 1. The second-order valence-electron chi connectivity index (χ2n) is 6.98. The highest BCUT2D eigenvalue weighted by Crippen LogP contribution is 2.28. The first-order chi connectivity index (χ1) is 13.7. The van der Waals surface area contributed by atoms with Crippen molar-refractivity contribution in [1.29, 1.82) is 0 Å². The molecule has 0 atom stereocenters. The predicted molar refractivity (Wildman–Crippen MR) is 101 cm³/mol. The Morgan fingerprint density at radius 1 is 1.18 bits per heavy atom. The van der Waals surface area contributed by atoms with E-state index < -0.39 is 0 Å². The van der Waals surface area contributed by atoms with Crippen LogP contribution in [0.25, 0.3) is 11.4 Å². The Balaban J connectivity index is 1.31. The van der Waals surface area contributed by atoms with Crippen LogP contribution in [0.3, 0.4) is 0 Å². The summed E-state index contributed by atoms with van der Waals surface area (Å²) in [4.78, 5) is 14.1. The molecule has 0 saturated heterocycles. The van der Waals surface area contributed by atoms with Gasteiger partial charge in [-0.3, -0.25) is 4.79 Å². The molecule has 1 amide bonds. The van der Waals surface area contributed by atoms with Gasteiger partial charge in [-0.05, 0) is 43.0 Å². The molecule has 2 heterocycles. The number of aromatic nitrogens is 4. The summed E-state index contributed by atoms with van der Waals surface area (Å²) >= 11 is 0. The highest BCUT2D eigenvalue weighted by Gasteiger charge is 2.26. The molecule has 0 bridgehead atoms. The zero-order chi connectivity index (χ0) is 19.3. The number of methoxy groups -OCH3 is 1. The molecule has 0 spiro atoms. The molecule has 0 radical (unpaired) electrons. The number of hydrogen-bond acceptors (Lipinski definition) is 6.